The quantitative estimate of drug-likeness (QED) is 0.633. The maximum Gasteiger partial charge on any atom is 0.326 e. The Morgan fingerprint density at radius 1 is 1.12 bits per heavy atom. The van der Waals surface area contributed by atoms with Crippen molar-refractivity contribution in [2.45, 2.75) is 65.3 Å². The largest absolute Gasteiger partial charge is 0.480 e. The Labute approximate surface area is 104 Å². The van der Waals surface area contributed by atoms with E-state index >= 15 is 0 Å². The molecule has 1 amide bonds. The molecule has 0 fully saturated rings. The van der Waals surface area contributed by atoms with Gasteiger partial charge in [0.1, 0.15) is 6.04 Å². The molecule has 4 nitrogen and oxygen atoms in total. The number of carbonyl (C=O) groups excluding carboxylic acids is 1. The molecule has 0 bridgehead atoms. The normalized spacial score (nSPS) is 12.2. The smallest absolute Gasteiger partial charge is 0.326 e. The highest BCUT2D eigenvalue weighted by molar-refractivity contribution is 5.82. The molecular weight excluding hydrogens is 218 g/mol. The van der Waals surface area contributed by atoms with Crippen molar-refractivity contribution in [2.24, 2.45) is 0 Å². The zero-order valence-electron chi connectivity index (χ0n) is 11.2. The van der Waals surface area contributed by atoms with E-state index in [0.29, 0.717) is 13.0 Å². The summed E-state index contributed by atoms with van der Waals surface area (Å²) in [7, 11) is 0. The van der Waals surface area contributed by atoms with E-state index in [1.165, 1.54) is 24.7 Å². The molecule has 1 unspecified atom stereocenters. The number of unbranched alkanes of at least 4 members (excludes halogenated alkanes) is 4. The van der Waals surface area contributed by atoms with Gasteiger partial charge in [-0.25, -0.2) is 4.79 Å². The summed E-state index contributed by atoms with van der Waals surface area (Å²) in [5.74, 6) is -1.05. The Bertz CT molecular complexity index is 241. The molecule has 0 saturated heterocycles. The van der Waals surface area contributed by atoms with E-state index in [4.69, 9.17) is 5.11 Å². The highest BCUT2D eigenvalue weighted by Crippen LogP contribution is 2.12. The van der Waals surface area contributed by atoms with Crippen LogP contribution < -0.4 is 0 Å². The van der Waals surface area contributed by atoms with E-state index in [9.17, 15) is 9.59 Å². The number of nitrogens with zero attached hydrogens (tertiary/aromatic N) is 1. The van der Waals surface area contributed by atoms with Gasteiger partial charge < -0.3 is 10.0 Å². The summed E-state index contributed by atoms with van der Waals surface area (Å²) in [4.78, 5) is 23.9. The zero-order valence-corrected chi connectivity index (χ0v) is 11.2. The van der Waals surface area contributed by atoms with E-state index in [-0.39, 0.29) is 5.91 Å². The van der Waals surface area contributed by atoms with Crippen molar-refractivity contribution in [1.82, 2.24) is 4.90 Å². The fourth-order valence-electron chi connectivity index (χ4n) is 2.02. The van der Waals surface area contributed by atoms with Gasteiger partial charge in [-0.3, -0.25) is 4.79 Å². The maximum absolute atomic E-state index is 11.3. The molecule has 0 aromatic rings. The highest BCUT2D eigenvalue weighted by Gasteiger charge is 2.25. The second kappa shape index (κ2) is 9.02. The van der Waals surface area contributed by atoms with Crippen LogP contribution in [0, 0.1) is 0 Å². The number of carbonyl (C=O) groups is 2. The van der Waals surface area contributed by atoms with Crippen LogP contribution in [0.1, 0.15) is 59.3 Å². The summed E-state index contributed by atoms with van der Waals surface area (Å²) < 4.78 is 0. The van der Waals surface area contributed by atoms with Gasteiger partial charge in [-0.2, -0.15) is 0 Å². The molecule has 17 heavy (non-hydrogen) atoms. The molecule has 0 radical (unpaired) electrons. The molecular formula is C13H25NO3. The first-order chi connectivity index (χ1) is 8.04. The summed E-state index contributed by atoms with van der Waals surface area (Å²) in [6, 6.07) is -0.654. The van der Waals surface area contributed by atoms with Crippen molar-refractivity contribution < 1.29 is 14.7 Å². The van der Waals surface area contributed by atoms with Crippen LogP contribution in [0.15, 0.2) is 0 Å². The molecule has 0 aromatic heterocycles. The molecule has 0 aliphatic heterocycles. The van der Waals surface area contributed by atoms with Crippen molar-refractivity contribution in [3.05, 3.63) is 0 Å². The topological polar surface area (TPSA) is 57.6 Å². The van der Waals surface area contributed by atoms with Crippen molar-refractivity contribution in [2.75, 3.05) is 6.54 Å². The molecule has 1 N–H and O–H groups in total. The van der Waals surface area contributed by atoms with Gasteiger partial charge in [0.15, 0.2) is 0 Å². The number of amides is 1. The van der Waals surface area contributed by atoms with Crippen LogP contribution in [0.5, 0.6) is 0 Å². The van der Waals surface area contributed by atoms with E-state index in [1.54, 1.807) is 0 Å². The number of aliphatic carboxylic acids is 1. The molecule has 0 aromatic carbocycles. The maximum atomic E-state index is 11.3. The van der Waals surface area contributed by atoms with Gasteiger partial charge in [0, 0.05) is 13.5 Å². The Kier molecular flexibility index (Phi) is 8.46. The van der Waals surface area contributed by atoms with Crippen LogP contribution in [0.2, 0.25) is 0 Å². The standard InChI is InChI=1S/C13H25NO3/c1-4-6-7-8-9-10-12(13(16)17)14(5-2)11(3)15/h12H,4-10H2,1-3H3,(H,16,17). The van der Waals surface area contributed by atoms with E-state index < -0.39 is 12.0 Å². The fourth-order valence-corrected chi connectivity index (χ4v) is 2.02. The number of hydrogen-bond donors (Lipinski definition) is 1. The Hall–Kier alpha value is -1.06. The van der Waals surface area contributed by atoms with Crippen molar-refractivity contribution in [3.63, 3.8) is 0 Å². The minimum Gasteiger partial charge on any atom is -0.480 e. The molecule has 4 heteroatoms. The Morgan fingerprint density at radius 3 is 2.12 bits per heavy atom. The third kappa shape index (κ3) is 6.29. The van der Waals surface area contributed by atoms with Crippen LogP contribution in [0.4, 0.5) is 0 Å². The second-order valence-electron chi connectivity index (χ2n) is 4.36. The molecule has 0 aliphatic rings. The minimum absolute atomic E-state index is 0.159. The Balaban J connectivity index is 4.15. The molecule has 0 spiro atoms. The van der Waals surface area contributed by atoms with Gasteiger partial charge in [0.25, 0.3) is 0 Å². The number of rotatable bonds is 9. The second-order valence-corrected chi connectivity index (χ2v) is 4.36. The van der Waals surface area contributed by atoms with Crippen LogP contribution >= 0.6 is 0 Å². The lowest BCUT2D eigenvalue weighted by Gasteiger charge is -2.26. The van der Waals surface area contributed by atoms with E-state index in [0.717, 1.165) is 19.3 Å². The van der Waals surface area contributed by atoms with Crippen molar-refractivity contribution >= 4 is 11.9 Å². The molecule has 1 atom stereocenters. The van der Waals surface area contributed by atoms with Gasteiger partial charge in [-0.05, 0) is 13.3 Å². The molecule has 0 heterocycles. The van der Waals surface area contributed by atoms with Gasteiger partial charge in [-0.1, -0.05) is 39.0 Å². The number of hydrogen-bond acceptors (Lipinski definition) is 2. The summed E-state index contributed by atoms with van der Waals surface area (Å²) in [6.07, 6.45) is 6.01. The number of carboxylic acid groups (broad SMARTS) is 1. The summed E-state index contributed by atoms with van der Waals surface area (Å²) in [5.41, 5.74) is 0. The predicted octanol–water partition coefficient (Wildman–Crippen LogP) is 2.67. The van der Waals surface area contributed by atoms with Crippen LogP contribution in [0.3, 0.4) is 0 Å². The monoisotopic (exact) mass is 243 g/mol. The van der Waals surface area contributed by atoms with Crippen LogP contribution in [0.25, 0.3) is 0 Å². The summed E-state index contributed by atoms with van der Waals surface area (Å²) in [6.45, 7) is 5.85. The van der Waals surface area contributed by atoms with Gasteiger partial charge >= 0.3 is 5.97 Å². The van der Waals surface area contributed by atoms with E-state index in [2.05, 4.69) is 6.92 Å². The lowest BCUT2D eigenvalue weighted by atomic mass is 10.1. The molecule has 0 aliphatic carbocycles. The van der Waals surface area contributed by atoms with Gasteiger partial charge in [0.05, 0.1) is 0 Å². The zero-order chi connectivity index (χ0) is 13.3. The third-order valence-electron chi connectivity index (χ3n) is 2.99. The lowest BCUT2D eigenvalue weighted by molar-refractivity contribution is -0.149. The number of carboxylic acids is 1. The van der Waals surface area contributed by atoms with Gasteiger partial charge in [0.2, 0.25) is 5.91 Å². The molecule has 0 saturated carbocycles. The fraction of sp³-hybridized carbons (Fsp3) is 0.846. The number of likely N-dealkylation sites (N-methyl/N-ethyl adjacent to an activating group) is 1. The van der Waals surface area contributed by atoms with Gasteiger partial charge in [-0.15, -0.1) is 0 Å². The van der Waals surface area contributed by atoms with Crippen LogP contribution in [-0.2, 0) is 9.59 Å². The van der Waals surface area contributed by atoms with E-state index in [1.807, 2.05) is 6.92 Å². The highest BCUT2D eigenvalue weighted by atomic mass is 16.4. The first-order valence-electron chi connectivity index (χ1n) is 6.54. The first-order valence-corrected chi connectivity index (χ1v) is 6.54. The average Bonchev–Trinajstić information content (AvgIpc) is 2.26. The minimum atomic E-state index is -0.891. The lowest BCUT2D eigenvalue weighted by Crippen LogP contribution is -2.43. The van der Waals surface area contributed by atoms with Crippen molar-refractivity contribution in [1.29, 1.82) is 0 Å². The summed E-state index contributed by atoms with van der Waals surface area (Å²) >= 11 is 0. The molecule has 100 valence electrons. The van der Waals surface area contributed by atoms with Crippen molar-refractivity contribution in [3.8, 4) is 0 Å². The predicted molar refractivity (Wildman–Crippen MR) is 67.9 cm³/mol. The first kappa shape index (κ1) is 15.9. The van der Waals surface area contributed by atoms with Crippen LogP contribution in [-0.4, -0.2) is 34.5 Å². The summed E-state index contributed by atoms with van der Waals surface area (Å²) in [5, 5.41) is 9.13. The molecule has 0 rings (SSSR count). The average molecular weight is 243 g/mol. The SMILES string of the molecule is CCCCCCCC(C(=O)O)N(CC)C(C)=O. The third-order valence-corrected chi connectivity index (χ3v) is 2.99. The Morgan fingerprint density at radius 2 is 1.71 bits per heavy atom.